The largest absolute Gasteiger partial charge is 0.354 e. The number of rotatable bonds is 4. The van der Waals surface area contributed by atoms with Gasteiger partial charge in [-0.3, -0.25) is 10.1 Å². The van der Waals surface area contributed by atoms with Gasteiger partial charge in [0.15, 0.2) is 10.6 Å². The van der Waals surface area contributed by atoms with Crippen molar-refractivity contribution in [3.05, 3.63) is 0 Å². The molecule has 1 atom stereocenters. The lowest BCUT2D eigenvalue weighted by atomic mass is 9.83. The van der Waals surface area contributed by atoms with E-state index in [0.717, 1.165) is 6.42 Å². The number of hydrogen-bond donors (Lipinski definition) is 1. The predicted octanol–water partition coefficient (Wildman–Crippen LogP) is 2.11. The number of nitrogens with one attached hydrogen (secondary N) is 1. The van der Waals surface area contributed by atoms with Crippen molar-refractivity contribution in [1.29, 1.82) is 0 Å². The van der Waals surface area contributed by atoms with E-state index in [1.807, 2.05) is 20.8 Å². The molecule has 0 saturated carbocycles. The molecule has 1 saturated heterocycles. The lowest BCUT2D eigenvalue weighted by Gasteiger charge is -2.36. The van der Waals surface area contributed by atoms with Crippen LogP contribution in [0.15, 0.2) is 0 Å². The molecule has 1 aliphatic rings. The van der Waals surface area contributed by atoms with Gasteiger partial charge in [0.25, 0.3) is 0 Å². The Hall–Kier alpha value is 0.170. The summed E-state index contributed by atoms with van der Waals surface area (Å²) in [4.78, 5) is 12.0. The summed E-state index contributed by atoms with van der Waals surface area (Å²) in [5.74, 6) is -0.296. The average Bonchev–Trinajstić information content (AvgIpc) is 2.69. The van der Waals surface area contributed by atoms with Crippen LogP contribution >= 0.6 is 23.2 Å². The number of carbonyl (C=O) groups is 1. The fourth-order valence-corrected chi connectivity index (χ4v) is 1.78. The number of hydrogen-bond acceptors (Lipinski definition) is 3. The number of ketones is 1. The van der Waals surface area contributed by atoms with Gasteiger partial charge in [-0.25, -0.2) is 0 Å². The van der Waals surface area contributed by atoms with Gasteiger partial charge in [-0.2, -0.15) is 0 Å². The number of alkyl halides is 2. The average molecular weight is 254 g/mol. The van der Waals surface area contributed by atoms with E-state index < -0.39 is 16.0 Å². The van der Waals surface area contributed by atoms with Gasteiger partial charge in [-0.15, -0.1) is 0 Å². The summed E-state index contributed by atoms with van der Waals surface area (Å²) in [5, 5.41) is 2.92. The third kappa shape index (κ3) is 2.47. The first-order valence-electron chi connectivity index (χ1n) is 5.10. The Kier molecular flexibility index (Phi) is 4.04. The van der Waals surface area contributed by atoms with Crippen molar-refractivity contribution in [3.8, 4) is 0 Å². The van der Waals surface area contributed by atoms with Crippen LogP contribution in [-0.4, -0.2) is 29.5 Å². The molecule has 3 nitrogen and oxygen atoms in total. The maximum absolute atomic E-state index is 12.0. The summed E-state index contributed by atoms with van der Waals surface area (Å²) in [6.07, 6.45) is 0.0594. The van der Waals surface area contributed by atoms with E-state index in [9.17, 15) is 4.79 Å². The van der Waals surface area contributed by atoms with Crippen molar-refractivity contribution in [3.63, 3.8) is 0 Å². The van der Waals surface area contributed by atoms with Crippen LogP contribution in [-0.2, 0) is 9.53 Å². The van der Waals surface area contributed by atoms with Crippen molar-refractivity contribution < 1.29 is 9.53 Å². The van der Waals surface area contributed by atoms with Crippen molar-refractivity contribution in [1.82, 2.24) is 5.32 Å². The molecule has 0 aromatic carbocycles. The molecule has 15 heavy (non-hydrogen) atoms. The van der Waals surface area contributed by atoms with Gasteiger partial charge < -0.3 is 4.74 Å². The SMILES string of the molecule is CCC(C)(C)C(Cl)(Cl)C(=O)C1NCCO1. The van der Waals surface area contributed by atoms with Gasteiger partial charge in [-0.1, -0.05) is 44.0 Å². The van der Waals surface area contributed by atoms with Crippen LogP contribution < -0.4 is 5.32 Å². The molecule has 0 aliphatic carbocycles. The molecule has 1 unspecified atom stereocenters. The molecule has 5 heteroatoms. The normalized spacial score (nSPS) is 23.1. The van der Waals surface area contributed by atoms with Crippen LogP contribution in [0.25, 0.3) is 0 Å². The summed E-state index contributed by atoms with van der Waals surface area (Å²) >= 11 is 12.3. The first-order chi connectivity index (χ1) is 6.83. The number of halogens is 2. The lowest BCUT2D eigenvalue weighted by Crippen LogP contribution is -2.49. The Bertz CT molecular complexity index is 248. The number of Topliss-reactive ketones (excluding diaryl/α,β-unsaturated/α-hetero) is 1. The second-order valence-corrected chi connectivity index (χ2v) is 5.71. The van der Waals surface area contributed by atoms with Crippen molar-refractivity contribution in [2.45, 2.75) is 37.8 Å². The second-order valence-electron chi connectivity index (χ2n) is 4.38. The Balaban J connectivity index is 2.80. The molecular weight excluding hydrogens is 237 g/mol. The van der Waals surface area contributed by atoms with E-state index in [0.29, 0.717) is 13.2 Å². The highest BCUT2D eigenvalue weighted by atomic mass is 35.5. The van der Waals surface area contributed by atoms with E-state index >= 15 is 0 Å². The molecule has 1 heterocycles. The van der Waals surface area contributed by atoms with Crippen LogP contribution in [0.5, 0.6) is 0 Å². The van der Waals surface area contributed by atoms with Crippen molar-refractivity contribution in [2.24, 2.45) is 5.41 Å². The van der Waals surface area contributed by atoms with Crippen LogP contribution in [0.1, 0.15) is 27.2 Å². The monoisotopic (exact) mass is 253 g/mol. The molecule has 0 bridgehead atoms. The molecule has 1 N–H and O–H groups in total. The Morgan fingerprint density at radius 1 is 1.53 bits per heavy atom. The highest BCUT2D eigenvalue weighted by Gasteiger charge is 2.50. The van der Waals surface area contributed by atoms with Gasteiger partial charge >= 0.3 is 0 Å². The van der Waals surface area contributed by atoms with Crippen LogP contribution in [0.2, 0.25) is 0 Å². The molecule has 0 aromatic heterocycles. The lowest BCUT2D eigenvalue weighted by molar-refractivity contribution is -0.131. The van der Waals surface area contributed by atoms with Crippen LogP contribution in [0.4, 0.5) is 0 Å². The second kappa shape index (κ2) is 4.58. The highest BCUT2D eigenvalue weighted by molar-refractivity contribution is 6.59. The van der Waals surface area contributed by atoms with Gasteiger partial charge in [0.05, 0.1) is 6.61 Å². The molecule has 0 radical (unpaired) electrons. The minimum Gasteiger partial charge on any atom is -0.354 e. The molecular formula is C10H17Cl2NO2. The zero-order valence-corrected chi connectivity index (χ0v) is 10.8. The van der Waals surface area contributed by atoms with Gasteiger partial charge in [-0.05, 0) is 6.42 Å². The summed E-state index contributed by atoms with van der Waals surface area (Å²) in [7, 11) is 0. The number of carbonyl (C=O) groups excluding carboxylic acids is 1. The molecule has 0 amide bonds. The summed E-state index contributed by atoms with van der Waals surface area (Å²) in [6, 6.07) is 0. The smallest absolute Gasteiger partial charge is 0.212 e. The zero-order valence-electron chi connectivity index (χ0n) is 9.27. The highest BCUT2D eigenvalue weighted by Crippen LogP contribution is 2.44. The molecule has 0 aromatic rings. The quantitative estimate of drug-likeness (QED) is 0.781. The topological polar surface area (TPSA) is 38.3 Å². The standard InChI is InChI=1S/C10H17Cl2NO2/c1-4-9(2,3)10(11,12)7(14)8-13-5-6-15-8/h8,13H,4-6H2,1-3H3. The minimum atomic E-state index is -1.41. The molecule has 0 spiro atoms. The maximum atomic E-state index is 12.0. The van der Waals surface area contributed by atoms with Gasteiger partial charge in [0.2, 0.25) is 5.78 Å². The maximum Gasteiger partial charge on any atom is 0.212 e. The van der Waals surface area contributed by atoms with Gasteiger partial charge in [0.1, 0.15) is 0 Å². The molecule has 88 valence electrons. The minimum absolute atomic E-state index is 0.296. The summed E-state index contributed by atoms with van der Waals surface area (Å²) in [5.41, 5.74) is -0.471. The van der Waals surface area contributed by atoms with E-state index in [2.05, 4.69) is 5.32 Å². The van der Waals surface area contributed by atoms with Crippen LogP contribution in [0, 0.1) is 5.41 Å². The van der Waals surface area contributed by atoms with Crippen molar-refractivity contribution >= 4 is 29.0 Å². The van der Waals surface area contributed by atoms with E-state index in [-0.39, 0.29) is 5.78 Å². The fraction of sp³-hybridized carbons (Fsp3) is 0.900. The van der Waals surface area contributed by atoms with E-state index in [4.69, 9.17) is 27.9 Å². The third-order valence-electron chi connectivity index (χ3n) is 3.00. The zero-order chi connectivity index (χ0) is 11.7. The summed E-state index contributed by atoms with van der Waals surface area (Å²) < 4.78 is 3.80. The number of ether oxygens (including phenoxy) is 1. The fourth-order valence-electron chi connectivity index (χ4n) is 1.31. The van der Waals surface area contributed by atoms with Crippen LogP contribution in [0.3, 0.4) is 0 Å². The van der Waals surface area contributed by atoms with Crippen molar-refractivity contribution in [2.75, 3.05) is 13.2 Å². The Morgan fingerprint density at radius 3 is 2.53 bits per heavy atom. The van der Waals surface area contributed by atoms with E-state index in [1.54, 1.807) is 0 Å². The van der Waals surface area contributed by atoms with E-state index in [1.165, 1.54) is 0 Å². The predicted molar refractivity (Wildman–Crippen MR) is 61.3 cm³/mol. The third-order valence-corrected chi connectivity index (χ3v) is 4.39. The first kappa shape index (κ1) is 13.2. The Labute approximate surface area is 100 Å². The molecule has 1 aliphatic heterocycles. The van der Waals surface area contributed by atoms with Gasteiger partial charge in [0, 0.05) is 12.0 Å². The first-order valence-corrected chi connectivity index (χ1v) is 5.85. The molecule has 1 fully saturated rings. The molecule has 1 rings (SSSR count). The summed E-state index contributed by atoms with van der Waals surface area (Å²) in [6.45, 7) is 6.88. The Morgan fingerprint density at radius 2 is 2.13 bits per heavy atom.